The Balaban J connectivity index is 2.14. The van der Waals surface area contributed by atoms with Gasteiger partial charge in [0.2, 0.25) is 0 Å². The molecule has 176 valence electrons. The molecule has 0 aliphatic rings. The molecule has 0 bridgehead atoms. The summed E-state index contributed by atoms with van der Waals surface area (Å²) in [4.78, 5) is 21.0. The van der Waals surface area contributed by atoms with Crippen molar-refractivity contribution >= 4 is 11.9 Å². The fourth-order valence-corrected chi connectivity index (χ4v) is 4.18. The van der Waals surface area contributed by atoms with Gasteiger partial charge in [0, 0.05) is 12.8 Å². The molecule has 0 heterocycles. The first-order valence-corrected chi connectivity index (χ1v) is 12.5. The van der Waals surface area contributed by atoms with Gasteiger partial charge in [-0.3, -0.25) is 9.59 Å². The predicted molar refractivity (Wildman–Crippen MR) is 128 cm³/mol. The molecule has 0 aliphatic heterocycles. The zero-order valence-electron chi connectivity index (χ0n) is 19.7. The maximum Gasteiger partial charge on any atom is 0.303 e. The Morgan fingerprint density at radius 1 is 0.581 bits per heavy atom. The second-order valence-corrected chi connectivity index (χ2v) is 9.01. The summed E-state index contributed by atoms with van der Waals surface area (Å²) in [5.74, 6) is -1.36. The van der Waals surface area contributed by atoms with Gasteiger partial charge in [0.25, 0.3) is 0 Å². The van der Waals surface area contributed by atoms with Crippen molar-refractivity contribution in [2.24, 2.45) is 0 Å². The molecule has 0 spiro atoms. The molecule has 0 aliphatic carbocycles. The summed E-state index contributed by atoms with van der Waals surface area (Å²) >= 11 is 0. The quantitative estimate of drug-likeness (QED) is 0.209. The Morgan fingerprint density at radius 2 is 0.968 bits per heavy atom. The molecule has 0 amide bonds. The molecule has 1 aromatic carbocycles. The van der Waals surface area contributed by atoms with Crippen molar-refractivity contribution in [3.63, 3.8) is 0 Å². The maximum absolute atomic E-state index is 10.5. The SMILES string of the molecule is Cc1ccc(CCCCCCCCCC(=O)O)c(CCCCCCCCCC(=O)O)c1. The largest absolute Gasteiger partial charge is 0.481 e. The van der Waals surface area contributed by atoms with E-state index < -0.39 is 11.9 Å². The van der Waals surface area contributed by atoms with Crippen LogP contribution in [0.1, 0.15) is 119 Å². The molecule has 0 aromatic heterocycles. The monoisotopic (exact) mass is 432 g/mol. The standard InChI is InChI=1S/C27H44O4/c1-23-20-21-24(16-12-8-4-2-6-10-14-18-26(28)29)25(22-23)17-13-9-5-3-7-11-15-19-27(30)31/h20-22H,2-19H2,1H3,(H,28,29)(H,30,31). The molecule has 4 heteroatoms. The van der Waals surface area contributed by atoms with Crippen LogP contribution in [-0.2, 0) is 22.4 Å². The van der Waals surface area contributed by atoms with Crippen molar-refractivity contribution in [3.8, 4) is 0 Å². The lowest BCUT2D eigenvalue weighted by atomic mass is 9.95. The fourth-order valence-electron chi connectivity index (χ4n) is 4.18. The van der Waals surface area contributed by atoms with Gasteiger partial charge in [-0.05, 0) is 56.6 Å². The molecule has 1 rings (SSSR count). The van der Waals surface area contributed by atoms with E-state index in [1.165, 1.54) is 74.5 Å². The van der Waals surface area contributed by atoms with Gasteiger partial charge in [-0.1, -0.05) is 88.0 Å². The smallest absolute Gasteiger partial charge is 0.303 e. The summed E-state index contributed by atoms with van der Waals surface area (Å²) in [6.07, 6.45) is 18.9. The first kappa shape index (κ1) is 27.2. The number of aryl methyl sites for hydroxylation is 3. The highest BCUT2D eigenvalue weighted by Gasteiger charge is 2.04. The van der Waals surface area contributed by atoms with Crippen LogP contribution in [0.3, 0.4) is 0 Å². The highest BCUT2D eigenvalue weighted by molar-refractivity contribution is 5.66. The van der Waals surface area contributed by atoms with Crippen LogP contribution in [-0.4, -0.2) is 22.2 Å². The Bertz CT molecular complexity index is 624. The Morgan fingerprint density at radius 3 is 1.42 bits per heavy atom. The van der Waals surface area contributed by atoms with E-state index in [0.29, 0.717) is 12.8 Å². The summed E-state index contributed by atoms with van der Waals surface area (Å²) in [6.45, 7) is 2.18. The number of carboxylic acids is 2. The van der Waals surface area contributed by atoms with Crippen LogP contribution >= 0.6 is 0 Å². The van der Waals surface area contributed by atoms with E-state index in [-0.39, 0.29) is 0 Å². The van der Waals surface area contributed by atoms with Crippen molar-refractivity contribution < 1.29 is 19.8 Å². The van der Waals surface area contributed by atoms with Crippen LogP contribution in [0, 0.1) is 6.92 Å². The third kappa shape index (κ3) is 15.6. The van der Waals surface area contributed by atoms with Crippen molar-refractivity contribution in [3.05, 3.63) is 34.9 Å². The molecule has 0 fully saturated rings. The average molecular weight is 433 g/mol. The Hall–Kier alpha value is -1.84. The number of hydrogen-bond donors (Lipinski definition) is 2. The van der Waals surface area contributed by atoms with Crippen LogP contribution in [0.5, 0.6) is 0 Å². The summed E-state index contributed by atoms with van der Waals surface area (Å²) < 4.78 is 0. The summed E-state index contributed by atoms with van der Waals surface area (Å²) in [5.41, 5.74) is 4.38. The lowest BCUT2D eigenvalue weighted by molar-refractivity contribution is -0.138. The summed E-state index contributed by atoms with van der Waals surface area (Å²) in [6, 6.07) is 6.92. The Kier molecular flexibility index (Phi) is 15.6. The molecule has 0 saturated heterocycles. The van der Waals surface area contributed by atoms with Crippen molar-refractivity contribution in [1.29, 1.82) is 0 Å². The minimum atomic E-state index is -0.679. The van der Waals surface area contributed by atoms with Crippen LogP contribution in [0.4, 0.5) is 0 Å². The predicted octanol–water partition coefficient (Wildman–Crippen LogP) is 7.49. The van der Waals surface area contributed by atoms with Crippen LogP contribution < -0.4 is 0 Å². The normalized spacial score (nSPS) is 11.0. The van der Waals surface area contributed by atoms with Gasteiger partial charge in [0.1, 0.15) is 0 Å². The van der Waals surface area contributed by atoms with Crippen molar-refractivity contribution in [2.75, 3.05) is 0 Å². The fraction of sp³-hybridized carbons (Fsp3) is 0.704. The number of aliphatic carboxylic acids is 2. The molecule has 0 atom stereocenters. The highest BCUT2D eigenvalue weighted by atomic mass is 16.4. The van der Waals surface area contributed by atoms with Crippen LogP contribution in [0.15, 0.2) is 18.2 Å². The van der Waals surface area contributed by atoms with Crippen molar-refractivity contribution in [1.82, 2.24) is 0 Å². The molecule has 2 N–H and O–H groups in total. The number of carboxylic acid groups (broad SMARTS) is 2. The molecule has 0 unspecified atom stereocenters. The number of carbonyl (C=O) groups is 2. The maximum atomic E-state index is 10.5. The van der Waals surface area contributed by atoms with E-state index in [1.54, 1.807) is 0 Å². The third-order valence-electron chi connectivity index (χ3n) is 6.04. The molecule has 1 aromatic rings. The number of unbranched alkanes of at least 4 members (excludes halogenated alkanes) is 12. The minimum Gasteiger partial charge on any atom is -0.481 e. The third-order valence-corrected chi connectivity index (χ3v) is 6.04. The van der Waals surface area contributed by atoms with Crippen molar-refractivity contribution in [2.45, 2.75) is 122 Å². The first-order chi connectivity index (χ1) is 15.0. The molecule has 0 radical (unpaired) electrons. The number of rotatable bonds is 20. The lowest BCUT2D eigenvalue weighted by Crippen LogP contribution is -1.97. The van der Waals surface area contributed by atoms with E-state index in [2.05, 4.69) is 25.1 Å². The highest BCUT2D eigenvalue weighted by Crippen LogP contribution is 2.19. The molecular formula is C27H44O4. The molecule has 0 saturated carbocycles. The van der Waals surface area contributed by atoms with Gasteiger partial charge in [0.15, 0.2) is 0 Å². The average Bonchev–Trinajstić information content (AvgIpc) is 2.72. The summed E-state index contributed by atoms with van der Waals surface area (Å²) in [5, 5.41) is 17.3. The molecule has 4 nitrogen and oxygen atoms in total. The Labute approximate surface area is 189 Å². The lowest BCUT2D eigenvalue weighted by Gasteiger charge is -2.11. The number of benzene rings is 1. The second-order valence-electron chi connectivity index (χ2n) is 9.01. The molecular weight excluding hydrogens is 388 g/mol. The topological polar surface area (TPSA) is 74.6 Å². The van der Waals surface area contributed by atoms with E-state index in [0.717, 1.165) is 44.9 Å². The van der Waals surface area contributed by atoms with Crippen LogP contribution in [0.2, 0.25) is 0 Å². The van der Waals surface area contributed by atoms with E-state index in [1.807, 2.05) is 0 Å². The van der Waals surface area contributed by atoms with Gasteiger partial charge < -0.3 is 10.2 Å². The first-order valence-electron chi connectivity index (χ1n) is 12.5. The van der Waals surface area contributed by atoms with Gasteiger partial charge in [-0.25, -0.2) is 0 Å². The molecule has 31 heavy (non-hydrogen) atoms. The summed E-state index contributed by atoms with van der Waals surface area (Å²) in [7, 11) is 0. The minimum absolute atomic E-state index is 0.308. The van der Waals surface area contributed by atoms with Crippen LogP contribution in [0.25, 0.3) is 0 Å². The second kappa shape index (κ2) is 17.8. The van der Waals surface area contributed by atoms with E-state index in [4.69, 9.17) is 10.2 Å². The van der Waals surface area contributed by atoms with Gasteiger partial charge in [-0.15, -0.1) is 0 Å². The van der Waals surface area contributed by atoms with Gasteiger partial charge in [-0.2, -0.15) is 0 Å². The zero-order chi connectivity index (χ0) is 22.7. The van der Waals surface area contributed by atoms with E-state index >= 15 is 0 Å². The van der Waals surface area contributed by atoms with Gasteiger partial charge in [0.05, 0.1) is 0 Å². The van der Waals surface area contributed by atoms with Gasteiger partial charge >= 0.3 is 11.9 Å². The zero-order valence-corrected chi connectivity index (χ0v) is 19.7. The van der Waals surface area contributed by atoms with E-state index in [9.17, 15) is 9.59 Å². The number of hydrogen-bond acceptors (Lipinski definition) is 2.